The molecule has 1 N–H and O–H groups in total. The highest BCUT2D eigenvalue weighted by atomic mass is 32.1. The van der Waals surface area contributed by atoms with Crippen LogP contribution in [0.15, 0.2) is 30.9 Å². The lowest BCUT2D eigenvalue weighted by Crippen LogP contribution is -2.15. The topological polar surface area (TPSA) is 81.7 Å². The Kier molecular flexibility index (Phi) is 7.00. The van der Waals surface area contributed by atoms with Crippen LogP contribution >= 0.6 is 11.3 Å². The van der Waals surface area contributed by atoms with Gasteiger partial charge >= 0.3 is 11.9 Å². The number of ether oxygens (including phenoxy) is 2. The summed E-state index contributed by atoms with van der Waals surface area (Å²) in [4.78, 5) is 37.0. The van der Waals surface area contributed by atoms with Gasteiger partial charge < -0.3 is 14.8 Å². The lowest BCUT2D eigenvalue weighted by Gasteiger charge is -2.07. The predicted molar refractivity (Wildman–Crippen MR) is 99.8 cm³/mol. The first-order chi connectivity index (χ1) is 13.3. The first-order valence-electron chi connectivity index (χ1n) is 8.15. The number of carbonyl (C=O) groups is 3. The van der Waals surface area contributed by atoms with Gasteiger partial charge in [-0.25, -0.2) is 18.4 Å². The second kappa shape index (κ2) is 9.23. The quantitative estimate of drug-likeness (QED) is 0.550. The molecule has 0 atom stereocenters. The minimum Gasteiger partial charge on any atom is -0.462 e. The third-order valence-corrected chi connectivity index (χ3v) is 4.74. The number of nitrogens with one attached hydrogen (secondary N) is 1. The summed E-state index contributed by atoms with van der Waals surface area (Å²) in [6.45, 7) is 6.63. The van der Waals surface area contributed by atoms with Crippen molar-refractivity contribution in [2.75, 3.05) is 18.5 Å². The Hall–Kier alpha value is -3.07. The molecule has 0 aliphatic carbocycles. The van der Waals surface area contributed by atoms with Crippen LogP contribution in [-0.4, -0.2) is 31.1 Å². The molecule has 6 nitrogen and oxygen atoms in total. The molecule has 1 aromatic heterocycles. The number of amides is 1. The molecule has 1 heterocycles. The number of rotatable bonds is 7. The maximum atomic E-state index is 13.4. The first kappa shape index (κ1) is 21.2. The zero-order valence-corrected chi connectivity index (χ0v) is 16.0. The molecule has 148 valence electrons. The second-order valence-corrected chi connectivity index (χ2v) is 6.47. The van der Waals surface area contributed by atoms with E-state index in [0.717, 1.165) is 29.5 Å². The third kappa shape index (κ3) is 4.61. The zero-order valence-electron chi connectivity index (χ0n) is 15.1. The van der Waals surface area contributed by atoms with Crippen LogP contribution in [0.4, 0.5) is 13.8 Å². The van der Waals surface area contributed by atoms with Crippen LogP contribution < -0.4 is 5.32 Å². The van der Waals surface area contributed by atoms with Gasteiger partial charge in [0, 0.05) is 5.56 Å². The van der Waals surface area contributed by atoms with Gasteiger partial charge in [-0.05, 0) is 37.6 Å². The van der Waals surface area contributed by atoms with Crippen molar-refractivity contribution >= 4 is 34.2 Å². The number of esters is 2. The summed E-state index contributed by atoms with van der Waals surface area (Å²) in [6, 6.07) is 2.64. The van der Waals surface area contributed by atoms with Gasteiger partial charge in [-0.3, -0.25) is 4.79 Å². The summed E-state index contributed by atoms with van der Waals surface area (Å²) >= 11 is 0.820. The average Bonchev–Trinajstić information content (AvgIpc) is 2.98. The van der Waals surface area contributed by atoms with Crippen molar-refractivity contribution in [3.8, 4) is 0 Å². The molecule has 0 saturated carbocycles. The van der Waals surface area contributed by atoms with Crippen molar-refractivity contribution in [2.45, 2.75) is 13.8 Å². The number of hydrogen-bond acceptors (Lipinski definition) is 6. The number of thiophene rings is 1. The van der Waals surface area contributed by atoms with Crippen molar-refractivity contribution in [3.05, 3.63) is 64.1 Å². The summed E-state index contributed by atoms with van der Waals surface area (Å²) in [5.41, 5.74) is 0.113. The van der Waals surface area contributed by atoms with Crippen molar-refractivity contribution in [1.29, 1.82) is 0 Å². The zero-order chi connectivity index (χ0) is 20.8. The molecule has 1 aromatic carbocycles. The van der Waals surface area contributed by atoms with Gasteiger partial charge in [-0.15, -0.1) is 11.3 Å². The fourth-order valence-electron chi connectivity index (χ4n) is 2.26. The summed E-state index contributed by atoms with van der Waals surface area (Å²) in [5, 5.41) is 2.48. The summed E-state index contributed by atoms with van der Waals surface area (Å²) in [7, 11) is 0. The molecular formula is C19H17F2NO5S. The molecule has 2 rings (SSSR count). The largest absolute Gasteiger partial charge is 0.462 e. The minimum atomic E-state index is -1.19. The molecule has 0 spiro atoms. The smallest absolute Gasteiger partial charge is 0.348 e. The Bertz CT molecular complexity index is 939. The highest BCUT2D eigenvalue weighted by molar-refractivity contribution is 7.18. The molecule has 1 amide bonds. The average molecular weight is 409 g/mol. The highest BCUT2D eigenvalue weighted by Gasteiger charge is 2.27. The number of anilines is 1. The van der Waals surface area contributed by atoms with Crippen LogP contribution in [0.1, 0.15) is 42.9 Å². The lowest BCUT2D eigenvalue weighted by atomic mass is 10.1. The van der Waals surface area contributed by atoms with E-state index in [0.29, 0.717) is 0 Å². The van der Waals surface area contributed by atoms with E-state index < -0.39 is 29.5 Å². The van der Waals surface area contributed by atoms with E-state index in [2.05, 4.69) is 11.9 Å². The molecule has 0 aliphatic rings. The normalized spacial score (nSPS) is 10.3. The van der Waals surface area contributed by atoms with Crippen LogP contribution in [-0.2, 0) is 9.47 Å². The SMILES string of the molecule is C=CCOC(=O)c1sc(NC(=O)c2ccc(F)c(F)c2)c(C(=O)OCC)c1C. The summed E-state index contributed by atoms with van der Waals surface area (Å²) in [5.74, 6) is -4.49. The standard InChI is InChI=1S/C19H17F2NO5S/c1-4-8-27-19(25)15-10(3)14(18(24)26-5-2)17(28-15)22-16(23)11-6-7-12(20)13(21)9-11/h4,6-7,9H,1,5,8H2,2-3H3,(H,22,23). The molecule has 0 bridgehead atoms. The van der Waals surface area contributed by atoms with Gasteiger partial charge in [0.05, 0.1) is 12.2 Å². The van der Waals surface area contributed by atoms with E-state index in [-0.39, 0.29) is 39.8 Å². The van der Waals surface area contributed by atoms with Crippen molar-refractivity contribution in [1.82, 2.24) is 0 Å². The highest BCUT2D eigenvalue weighted by Crippen LogP contribution is 2.34. The Balaban J connectivity index is 2.41. The number of halogens is 2. The predicted octanol–water partition coefficient (Wildman–Crippen LogP) is 4.11. The first-order valence-corrected chi connectivity index (χ1v) is 8.96. The fraction of sp³-hybridized carbons (Fsp3) is 0.211. The van der Waals surface area contributed by atoms with Crippen molar-refractivity contribution in [2.24, 2.45) is 0 Å². The van der Waals surface area contributed by atoms with Crippen molar-refractivity contribution in [3.63, 3.8) is 0 Å². The molecule has 2 aromatic rings. The molecule has 0 fully saturated rings. The molecular weight excluding hydrogens is 392 g/mol. The van der Waals surface area contributed by atoms with E-state index in [1.54, 1.807) is 6.92 Å². The van der Waals surface area contributed by atoms with Crippen LogP contribution in [0.3, 0.4) is 0 Å². The number of benzene rings is 1. The van der Waals surface area contributed by atoms with E-state index in [1.165, 1.54) is 13.0 Å². The summed E-state index contributed by atoms with van der Waals surface area (Å²) < 4.78 is 36.4. The van der Waals surface area contributed by atoms with Gasteiger partial charge in [0.15, 0.2) is 11.6 Å². The van der Waals surface area contributed by atoms with Crippen LogP contribution in [0.5, 0.6) is 0 Å². The molecule has 0 radical (unpaired) electrons. The van der Waals surface area contributed by atoms with E-state index in [4.69, 9.17) is 9.47 Å². The number of carbonyl (C=O) groups excluding carboxylic acids is 3. The maximum absolute atomic E-state index is 13.4. The molecule has 0 unspecified atom stereocenters. The summed E-state index contributed by atoms with van der Waals surface area (Å²) in [6.07, 6.45) is 1.39. The maximum Gasteiger partial charge on any atom is 0.348 e. The Morgan fingerprint density at radius 2 is 1.89 bits per heavy atom. The Morgan fingerprint density at radius 3 is 2.50 bits per heavy atom. The van der Waals surface area contributed by atoms with Crippen LogP contribution in [0.2, 0.25) is 0 Å². The van der Waals surface area contributed by atoms with E-state index in [9.17, 15) is 23.2 Å². The third-order valence-electron chi connectivity index (χ3n) is 3.55. The Labute approximate surface area is 163 Å². The van der Waals surface area contributed by atoms with Gasteiger partial charge in [-0.1, -0.05) is 12.7 Å². The minimum absolute atomic E-state index is 0.00617. The fourth-order valence-corrected chi connectivity index (χ4v) is 3.34. The van der Waals surface area contributed by atoms with Crippen LogP contribution in [0.25, 0.3) is 0 Å². The molecule has 28 heavy (non-hydrogen) atoms. The van der Waals surface area contributed by atoms with Gasteiger partial charge in [-0.2, -0.15) is 0 Å². The molecule has 0 aliphatic heterocycles. The Morgan fingerprint density at radius 1 is 1.18 bits per heavy atom. The molecule has 0 saturated heterocycles. The monoisotopic (exact) mass is 409 g/mol. The second-order valence-electron chi connectivity index (χ2n) is 5.45. The van der Waals surface area contributed by atoms with Gasteiger partial charge in [0.2, 0.25) is 0 Å². The molecule has 9 heteroatoms. The van der Waals surface area contributed by atoms with Gasteiger partial charge in [0.1, 0.15) is 16.5 Å². The van der Waals surface area contributed by atoms with E-state index in [1.807, 2.05) is 0 Å². The van der Waals surface area contributed by atoms with Gasteiger partial charge in [0.25, 0.3) is 5.91 Å². The van der Waals surface area contributed by atoms with Crippen molar-refractivity contribution < 1.29 is 32.6 Å². The van der Waals surface area contributed by atoms with Crippen LogP contribution in [0, 0.1) is 18.6 Å². The lowest BCUT2D eigenvalue weighted by molar-refractivity contribution is 0.0527. The van der Waals surface area contributed by atoms with E-state index >= 15 is 0 Å². The number of hydrogen-bond donors (Lipinski definition) is 1.